The summed E-state index contributed by atoms with van der Waals surface area (Å²) >= 11 is 7.94. The second kappa shape index (κ2) is 7.26. The van der Waals surface area contributed by atoms with Gasteiger partial charge < -0.3 is 5.32 Å². The van der Waals surface area contributed by atoms with E-state index in [1.54, 1.807) is 0 Å². The highest BCUT2D eigenvalue weighted by molar-refractivity contribution is 7.12. The van der Waals surface area contributed by atoms with Crippen LogP contribution in [-0.2, 0) is 12.8 Å². The van der Waals surface area contributed by atoms with E-state index in [9.17, 15) is 0 Å². The van der Waals surface area contributed by atoms with Crippen LogP contribution in [0.25, 0.3) is 0 Å². The van der Waals surface area contributed by atoms with Gasteiger partial charge in [0.15, 0.2) is 0 Å². The molecule has 0 radical (unpaired) electrons. The number of hydrogen-bond acceptors (Lipinski definition) is 2. The van der Waals surface area contributed by atoms with Crippen molar-refractivity contribution in [2.24, 2.45) is 0 Å². The molecule has 20 heavy (non-hydrogen) atoms. The molecule has 0 aliphatic carbocycles. The maximum absolute atomic E-state index is 6.03. The normalized spacial score (nSPS) is 14.2. The Morgan fingerprint density at radius 3 is 2.65 bits per heavy atom. The van der Waals surface area contributed by atoms with Gasteiger partial charge in [0, 0.05) is 26.9 Å². The molecule has 0 aliphatic rings. The highest BCUT2D eigenvalue weighted by atomic mass is 35.5. The number of nitrogens with one attached hydrogen (secondary N) is 1. The van der Waals surface area contributed by atoms with Crippen LogP contribution in [0.4, 0.5) is 0 Å². The third-order valence-electron chi connectivity index (χ3n) is 3.42. The predicted octanol–water partition coefficient (Wildman–Crippen LogP) is 5.25. The highest BCUT2D eigenvalue weighted by Gasteiger charge is 2.12. The zero-order chi connectivity index (χ0) is 14.5. The van der Waals surface area contributed by atoms with Gasteiger partial charge in [-0.3, -0.25) is 0 Å². The Balaban J connectivity index is 1.92. The molecule has 0 aliphatic heterocycles. The van der Waals surface area contributed by atoms with Gasteiger partial charge in [-0.2, -0.15) is 0 Å². The van der Waals surface area contributed by atoms with E-state index in [1.807, 2.05) is 29.5 Å². The molecule has 1 heterocycles. The quantitative estimate of drug-likeness (QED) is 0.769. The van der Waals surface area contributed by atoms with E-state index < -0.39 is 0 Å². The van der Waals surface area contributed by atoms with Crippen LogP contribution in [0.15, 0.2) is 36.4 Å². The number of rotatable bonds is 6. The average Bonchev–Trinajstić information content (AvgIpc) is 2.87. The molecule has 1 aromatic heterocycles. The lowest BCUT2D eigenvalue weighted by Gasteiger charge is -2.19. The smallest absolute Gasteiger partial charge is 0.0408 e. The standard InChI is InChI=1S/C17H22ClNS/c1-4-16-8-9-17(20-16)13(3)19-12(2)10-14-6-5-7-15(18)11-14/h5-9,11-13,19H,4,10H2,1-3H3. The van der Waals surface area contributed by atoms with Crippen molar-refractivity contribution < 1.29 is 0 Å². The molecule has 0 bridgehead atoms. The van der Waals surface area contributed by atoms with Gasteiger partial charge in [0.05, 0.1) is 0 Å². The van der Waals surface area contributed by atoms with Crippen molar-refractivity contribution in [3.8, 4) is 0 Å². The van der Waals surface area contributed by atoms with E-state index >= 15 is 0 Å². The Labute approximate surface area is 131 Å². The molecule has 2 rings (SSSR count). The molecule has 0 saturated carbocycles. The van der Waals surface area contributed by atoms with E-state index in [0.717, 1.165) is 17.9 Å². The van der Waals surface area contributed by atoms with Crippen molar-refractivity contribution in [2.75, 3.05) is 0 Å². The summed E-state index contributed by atoms with van der Waals surface area (Å²) in [6, 6.07) is 13.4. The number of halogens is 1. The molecule has 2 unspecified atom stereocenters. The molecule has 2 atom stereocenters. The van der Waals surface area contributed by atoms with Crippen LogP contribution < -0.4 is 5.32 Å². The number of benzene rings is 1. The Morgan fingerprint density at radius 2 is 2.00 bits per heavy atom. The molecule has 1 aromatic carbocycles. The number of thiophene rings is 1. The Morgan fingerprint density at radius 1 is 1.20 bits per heavy atom. The van der Waals surface area contributed by atoms with Gasteiger partial charge >= 0.3 is 0 Å². The second-order valence-electron chi connectivity index (χ2n) is 5.28. The third kappa shape index (κ3) is 4.34. The summed E-state index contributed by atoms with van der Waals surface area (Å²) in [7, 11) is 0. The van der Waals surface area contributed by atoms with Gasteiger partial charge in [-0.05, 0) is 56.5 Å². The van der Waals surface area contributed by atoms with Crippen molar-refractivity contribution in [1.82, 2.24) is 5.32 Å². The average molecular weight is 308 g/mol. The maximum Gasteiger partial charge on any atom is 0.0408 e. The summed E-state index contributed by atoms with van der Waals surface area (Å²) in [6.45, 7) is 6.67. The molecule has 108 valence electrons. The first kappa shape index (κ1) is 15.6. The van der Waals surface area contributed by atoms with Crippen molar-refractivity contribution in [2.45, 2.75) is 45.7 Å². The molecule has 0 spiro atoms. The first-order chi connectivity index (χ1) is 9.58. The zero-order valence-electron chi connectivity index (χ0n) is 12.3. The van der Waals surface area contributed by atoms with Crippen molar-refractivity contribution in [3.63, 3.8) is 0 Å². The Kier molecular flexibility index (Phi) is 5.64. The lowest BCUT2D eigenvalue weighted by Crippen LogP contribution is -2.30. The van der Waals surface area contributed by atoms with Crippen LogP contribution in [0.2, 0.25) is 5.02 Å². The van der Waals surface area contributed by atoms with E-state index in [1.165, 1.54) is 15.3 Å². The fourth-order valence-electron chi connectivity index (χ4n) is 2.40. The van der Waals surface area contributed by atoms with Gasteiger partial charge in [0.1, 0.15) is 0 Å². The topological polar surface area (TPSA) is 12.0 Å². The molecule has 0 amide bonds. The minimum Gasteiger partial charge on any atom is -0.307 e. The minimum atomic E-state index is 0.398. The summed E-state index contributed by atoms with van der Waals surface area (Å²) in [5.41, 5.74) is 1.28. The van der Waals surface area contributed by atoms with Crippen LogP contribution in [-0.4, -0.2) is 6.04 Å². The molecular weight excluding hydrogens is 286 g/mol. The van der Waals surface area contributed by atoms with Crippen LogP contribution in [0.3, 0.4) is 0 Å². The highest BCUT2D eigenvalue weighted by Crippen LogP contribution is 2.24. The summed E-state index contributed by atoms with van der Waals surface area (Å²) < 4.78 is 0. The van der Waals surface area contributed by atoms with E-state index in [0.29, 0.717) is 12.1 Å². The lowest BCUT2D eigenvalue weighted by molar-refractivity contribution is 0.482. The van der Waals surface area contributed by atoms with E-state index in [2.05, 4.69) is 44.3 Å². The Bertz CT molecular complexity index is 549. The van der Waals surface area contributed by atoms with Gasteiger partial charge in [-0.25, -0.2) is 0 Å². The summed E-state index contributed by atoms with van der Waals surface area (Å²) in [5.74, 6) is 0. The van der Waals surface area contributed by atoms with Gasteiger partial charge in [0.25, 0.3) is 0 Å². The predicted molar refractivity (Wildman–Crippen MR) is 89.9 cm³/mol. The molecule has 1 N–H and O–H groups in total. The van der Waals surface area contributed by atoms with Crippen LogP contribution in [0.1, 0.15) is 42.1 Å². The van der Waals surface area contributed by atoms with Crippen molar-refractivity contribution in [3.05, 3.63) is 56.7 Å². The van der Waals surface area contributed by atoms with Crippen molar-refractivity contribution >= 4 is 22.9 Å². The summed E-state index contributed by atoms with van der Waals surface area (Å²) in [4.78, 5) is 2.87. The third-order valence-corrected chi connectivity index (χ3v) is 5.07. The van der Waals surface area contributed by atoms with Gasteiger partial charge in [0.2, 0.25) is 0 Å². The number of hydrogen-bond donors (Lipinski definition) is 1. The monoisotopic (exact) mass is 307 g/mol. The fourth-order valence-corrected chi connectivity index (χ4v) is 3.58. The molecule has 0 saturated heterocycles. The van der Waals surface area contributed by atoms with Gasteiger partial charge in [-0.15, -0.1) is 11.3 Å². The molecular formula is C17H22ClNS. The van der Waals surface area contributed by atoms with Crippen LogP contribution in [0.5, 0.6) is 0 Å². The molecule has 2 aromatic rings. The zero-order valence-corrected chi connectivity index (χ0v) is 13.9. The Hall–Kier alpha value is -0.830. The largest absolute Gasteiger partial charge is 0.307 e. The first-order valence-corrected chi connectivity index (χ1v) is 8.37. The molecule has 0 fully saturated rings. The maximum atomic E-state index is 6.03. The number of aryl methyl sites for hydroxylation is 1. The summed E-state index contributed by atoms with van der Waals surface area (Å²) in [6.07, 6.45) is 2.12. The molecule has 1 nitrogen and oxygen atoms in total. The van der Waals surface area contributed by atoms with E-state index in [4.69, 9.17) is 11.6 Å². The molecule has 3 heteroatoms. The van der Waals surface area contributed by atoms with Crippen LogP contribution >= 0.6 is 22.9 Å². The summed E-state index contributed by atoms with van der Waals surface area (Å²) in [5, 5.41) is 4.48. The lowest BCUT2D eigenvalue weighted by atomic mass is 10.1. The van der Waals surface area contributed by atoms with Crippen LogP contribution in [0, 0.1) is 0 Å². The first-order valence-electron chi connectivity index (χ1n) is 7.17. The van der Waals surface area contributed by atoms with Crippen molar-refractivity contribution in [1.29, 1.82) is 0 Å². The van der Waals surface area contributed by atoms with E-state index in [-0.39, 0.29) is 0 Å². The van der Waals surface area contributed by atoms with Gasteiger partial charge in [-0.1, -0.05) is 30.7 Å². The SMILES string of the molecule is CCc1ccc(C(C)NC(C)Cc2cccc(Cl)c2)s1. The fraction of sp³-hybridized carbons (Fsp3) is 0.412. The second-order valence-corrected chi connectivity index (χ2v) is 6.92. The minimum absolute atomic E-state index is 0.398.